The van der Waals surface area contributed by atoms with E-state index in [1.54, 1.807) is 37.3 Å². The van der Waals surface area contributed by atoms with Gasteiger partial charge in [0.1, 0.15) is 11.3 Å². The van der Waals surface area contributed by atoms with E-state index in [0.29, 0.717) is 5.56 Å². The molecule has 0 radical (unpaired) electrons. The van der Waals surface area contributed by atoms with Crippen LogP contribution in [0.2, 0.25) is 0 Å². The number of rotatable bonds is 6. The maximum Gasteiger partial charge on any atom is 0.343 e. The Morgan fingerprint density at radius 2 is 1.76 bits per heavy atom. The second-order valence-corrected chi connectivity index (χ2v) is 5.85. The normalized spacial score (nSPS) is 10.4. The zero-order chi connectivity index (χ0) is 21.0. The van der Waals surface area contributed by atoms with Gasteiger partial charge in [0, 0.05) is 17.7 Å². The van der Waals surface area contributed by atoms with Gasteiger partial charge in [0.25, 0.3) is 11.2 Å². The first-order chi connectivity index (χ1) is 13.9. The number of carbonyl (C=O) groups excluding carboxylic acids is 2. The summed E-state index contributed by atoms with van der Waals surface area (Å²) in [5.74, 6) is -1.38. The van der Waals surface area contributed by atoms with Gasteiger partial charge in [-0.15, -0.1) is 0 Å². The van der Waals surface area contributed by atoms with Gasteiger partial charge in [0.05, 0.1) is 17.2 Å². The number of ketones is 1. The van der Waals surface area contributed by atoms with E-state index in [9.17, 15) is 24.5 Å². The second kappa shape index (κ2) is 8.26. The predicted octanol–water partition coefficient (Wildman–Crippen LogP) is 2.55. The molecule has 1 aromatic heterocycles. The van der Waals surface area contributed by atoms with E-state index in [1.165, 1.54) is 24.3 Å². The van der Waals surface area contributed by atoms with Crippen molar-refractivity contribution in [2.45, 2.75) is 6.92 Å². The van der Waals surface area contributed by atoms with Crippen LogP contribution < -0.4 is 5.56 Å². The summed E-state index contributed by atoms with van der Waals surface area (Å²) in [7, 11) is 0. The van der Waals surface area contributed by atoms with Crippen LogP contribution in [0.25, 0.3) is 5.69 Å². The smallest absolute Gasteiger partial charge is 0.343 e. The molecule has 0 atom stereocenters. The number of non-ortho nitro benzene ring substituents is 1. The summed E-state index contributed by atoms with van der Waals surface area (Å²) in [6, 6.07) is 14.3. The fourth-order valence-corrected chi connectivity index (χ4v) is 2.59. The third-order valence-corrected chi connectivity index (χ3v) is 3.98. The summed E-state index contributed by atoms with van der Waals surface area (Å²) in [6.45, 7) is 1.63. The number of benzene rings is 2. The standard InChI is InChI=1S/C20H15N3O6/c1-2-29-20(26)16-12-17(18(24)13-6-4-3-5-7-13)21-22(19(16)25)14-8-10-15(11-9-14)23(27)28/h3-12H,2H2,1H3. The highest BCUT2D eigenvalue weighted by Gasteiger charge is 2.21. The second-order valence-electron chi connectivity index (χ2n) is 5.85. The molecule has 3 aromatic rings. The molecule has 0 aliphatic rings. The van der Waals surface area contributed by atoms with Crippen LogP contribution in [-0.2, 0) is 4.74 Å². The largest absolute Gasteiger partial charge is 0.462 e. The van der Waals surface area contributed by atoms with Crippen molar-refractivity contribution in [1.82, 2.24) is 9.78 Å². The third kappa shape index (κ3) is 4.08. The summed E-state index contributed by atoms with van der Waals surface area (Å²) >= 11 is 0. The summed E-state index contributed by atoms with van der Waals surface area (Å²) in [5, 5.41) is 14.9. The Morgan fingerprint density at radius 1 is 1.10 bits per heavy atom. The average Bonchev–Trinajstić information content (AvgIpc) is 2.74. The Balaban J connectivity index is 2.17. The van der Waals surface area contributed by atoms with Crippen LogP contribution >= 0.6 is 0 Å². The van der Waals surface area contributed by atoms with Gasteiger partial charge in [-0.1, -0.05) is 30.3 Å². The Kier molecular flexibility index (Phi) is 5.59. The number of ether oxygens (including phenoxy) is 1. The van der Waals surface area contributed by atoms with Crippen molar-refractivity contribution < 1.29 is 19.2 Å². The molecule has 0 saturated carbocycles. The maximum absolute atomic E-state index is 12.8. The van der Waals surface area contributed by atoms with Gasteiger partial charge in [0.2, 0.25) is 5.78 Å². The molecule has 0 fully saturated rings. The lowest BCUT2D eigenvalue weighted by Crippen LogP contribution is -2.30. The lowest BCUT2D eigenvalue weighted by molar-refractivity contribution is -0.384. The van der Waals surface area contributed by atoms with Gasteiger partial charge < -0.3 is 4.74 Å². The van der Waals surface area contributed by atoms with Crippen LogP contribution in [0.1, 0.15) is 33.3 Å². The van der Waals surface area contributed by atoms with Crippen molar-refractivity contribution in [3.8, 4) is 5.69 Å². The minimum atomic E-state index is -0.891. The lowest BCUT2D eigenvalue weighted by Gasteiger charge is -2.10. The molecule has 0 N–H and O–H groups in total. The van der Waals surface area contributed by atoms with Gasteiger partial charge in [-0.2, -0.15) is 9.78 Å². The third-order valence-electron chi connectivity index (χ3n) is 3.98. The molecule has 2 aromatic carbocycles. The molecule has 0 aliphatic heterocycles. The number of esters is 1. The fraction of sp³-hybridized carbons (Fsp3) is 0.100. The zero-order valence-corrected chi connectivity index (χ0v) is 15.3. The molecule has 9 heteroatoms. The van der Waals surface area contributed by atoms with Crippen molar-refractivity contribution in [3.05, 3.63) is 98.0 Å². The van der Waals surface area contributed by atoms with Crippen molar-refractivity contribution in [2.24, 2.45) is 0 Å². The van der Waals surface area contributed by atoms with E-state index in [2.05, 4.69) is 5.10 Å². The van der Waals surface area contributed by atoms with Crippen molar-refractivity contribution in [2.75, 3.05) is 6.61 Å². The molecule has 0 amide bonds. The highest BCUT2D eigenvalue weighted by molar-refractivity contribution is 6.08. The summed E-state index contributed by atoms with van der Waals surface area (Å²) in [6.07, 6.45) is 0. The van der Waals surface area contributed by atoms with Crippen molar-refractivity contribution in [3.63, 3.8) is 0 Å². The topological polar surface area (TPSA) is 121 Å². The van der Waals surface area contributed by atoms with Gasteiger partial charge in [-0.25, -0.2) is 4.79 Å². The van der Waals surface area contributed by atoms with E-state index in [-0.39, 0.29) is 29.2 Å². The van der Waals surface area contributed by atoms with Crippen molar-refractivity contribution in [1.29, 1.82) is 0 Å². The van der Waals surface area contributed by atoms with Crippen LogP contribution in [-0.4, -0.2) is 33.1 Å². The van der Waals surface area contributed by atoms with Crippen LogP contribution in [0, 0.1) is 10.1 Å². The number of carbonyl (C=O) groups is 2. The van der Waals surface area contributed by atoms with Crippen LogP contribution in [0.4, 0.5) is 5.69 Å². The summed E-state index contributed by atoms with van der Waals surface area (Å²) in [5.41, 5.74) is -1.000. The van der Waals surface area contributed by atoms with Gasteiger partial charge in [0.15, 0.2) is 0 Å². The number of nitro benzene ring substituents is 1. The van der Waals surface area contributed by atoms with Crippen LogP contribution in [0.15, 0.2) is 65.5 Å². The Morgan fingerprint density at radius 3 is 2.34 bits per heavy atom. The highest BCUT2D eigenvalue weighted by atomic mass is 16.6. The maximum atomic E-state index is 12.8. The van der Waals surface area contributed by atoms with Crippen LogP contribution in [0.3, 0.4) is 0 Å². The minimum absolute atomic E-state index is 0.0418. The van der Waals surface area contributed by atoms with Gasteiger partial charge in [-0.05, 0) is 25.1 Å². The number of nitrogens with zero attached hydrogens (tertiary/aromatic N) is 3. The number of hydrogen-bond donors (Lipinski definition) is 0. The molecule has 0 spiro atoms. The molecule has 0 bridgehead atoms. The lowest BCUT2D eigenvalue weighted by atomic mass is 10.1. The molecule has 9 nitrogen and oxygen atoms in total. The van der Waals surface area contributed by atoms with E-state index in [1.807, 2.05) is 0 Å². The quantitative estimate of drug-likeness (QED) is 0.273. The molecule has 1 heterocycles. The molecular formula is C20H15N3O6. The summed E-state index contributed by atoms with van der Waals surface area (Å²) < 4.78 is 5.76. The predicted molar refractivity (Wildman–Crippen MR) is 102 cm³/mol. The Labute approximate surface area is 164 Å². The molecule has 0 saturated heterocycles. The monoisotopic (exact) mass is 393 g/mol. The van der Waals surface area contributed by atoms with Gasteiger partial charge >= 0.3 is 5.97 Å². The minimum Gasteiger partial charge on any atom is -0.462 e. The first-order valence-electron chi connectivity index (χ1n) is 8.58. The molecule has 0 aliphatic carbocycles. The van der Waals surface area contributed by atoms with E-state index < -0.39 is 22.2 Å². The number of aromatic nitrogens is 2. The first-order valence-corrected chi connectivity index (χ1v) is 8.58. The molecular weight excluding hydrogens is 378 g/mol. The molecule has 29 heavy (non-hydrogen) atoms. The Bertz CT molecular complexity index is 1140. The molecule has 146 valence electrons. The highest BCUT2D eigenvalue weighted by Crippen LogP contribution is 2.15. The SMILES string of the molecule is CCOC(=O)c1cc(C(=O)c2ccccc2)nn(-c2ccc([N+](=O)[O-])cc2)c1=O. The number of hydrogen-bond acceptors (Lipinski definition) is 7. The van der Waals surface area contributed by atoms with Crippen LogP contribution in [0.5, 0.6) is 0 Å². The van der Waals surface area contributed by atoms with E-state index in [4.69, 9.17) is 4.74 Å². The van der Waals surface area contributed by atoms with Gasteiger partial charge in [-0.3, -0.25) is 19.7 Å². The summed E-state index contributed by atoms with van der Waals surface area (Å²) in [4.78, 5) is 48.1. The molecule has 3 rings (SSSR count). The Hall–Kier alpha value is -4.14. The average molecular weight is 393 g/mol. The first kappa shape index (κ1) is 19.6. The molecule has 0 unspecified atom stereocenters. The zero-order valence-electron chi connectivity index (χ0n) is 15.3. The van der Waals surface area contributed by atoms with E-state index >= 15 is 0 Å². The number of nitro groups is 1. The van der Waals surface area contributed by atoms with Crippen molar-refractivity contribution >= 4 is 17.4 Å². The van der Waals surface area contributed by atoms with E-state index in [0.717, 1.165) is 10.7 Å². The fourth-order valence-electron chi connectivity index (χ4n) is 2.59.